The van der Waals surface area contributed by atoms with E-state index in [2.05, 4.69) is 25.3 Å². The second kappa shape index (κ2) is 7.39. The summed E-state index contributed by atoms with van der Waals surface area (Å²) in [6.45, 7) is 0. The number of aromatic amines is 1. The summed E-state index contributed by atoms with van der Waals surface area (Å²) < 4.78 is 0. The first-order chi connectivity index (χ1) is 10.8. The van der Waals surface area contributed by atoms with E-state index in [0.29, 0.717) is 35.8 Å². The number of imidazole rings is 1. The minimum Gasteiger partial charge on any atom is -0.345 e. The minimum absolute atomic E-state index is 0.117. The Morgan fingerprint density at radius 2 is 1.82 bits per heavy atom. The molecule has 0 atom stereocenters. The molecule has 8 heteroatoms. The van der Waals surface area contributed by atoms with Crippen molar-refractivity contribution in [2.24, 2.45) is 0 Å². The molecule has 0 saturated carbocycles. The van der Waals surface area contributed by atoms with Gasteiger partial charge in [0.1, 0.15) is 12.6 Å². The zero-order valence-electron chi connectivity index (χ0n) is 11.3. The third-order valence-corrected chi connectivity index (χ3v) is 2.56. The summed E-state index contributed by atoms with van der Waals surface area (Å²) in [5.74, 6) is 0.501. The number of fused-ring (bicyclic) bond motifs is 1. The van der Waals surface area contributed by atoms with Crippen molar-refractivity contribution in [2.45, 2.75) is 0 Å². The van der Waals surface area contributed by atoms with Crippen LogP contribution in [0.25, 0.3) is 11.2 Å². The molecule has 0 unspecified atom stereocenters. The highest BCUT2D eigenvalue weighted by Gasteiger charge is 2.03. The second-order valence-electron chi connectivity index (χ2n) is 3.99. The molecule has 2 aromatic heterocycles. The van der Waals surface area contributed by atoms with Crippen LogP contribution < -0.4 is 5.32 Å². The number of carbonyl (C=O) groups excluding carboxylic acids is 3. The lowest BCUT2D eigenvalue weighted by molar-refractivity contribution is -0.109. The number of carbonyl (C=O) groups is 3. The lowest BCUT2D eigenvalue weighted by atomic mass is 10.2. The normalized spacial score (nSPS) is 11.4. The molecule has 110 valence electrons. The van der Waals surface area contributed by atoms with E-state index in [9.17, 15) is 14.4 Å². The van der Waals surface area contributed by atoms with Crippen LogP contribution in [0.1, 0.15) is 0 Å². The SMILES string of the molecule is O=CC(C=O)=C/C(C=O)=C/C=C/Nc1ncnc2[nH]cnc12. The fraction of sp³-hybridized carbons (Fsp3) is 0. The summed E-state index contributed by atoms with van der Waals surface area (Å²) in [6.07, 6.45) is 9.88. The minimum atomic E-state index is -0.117. The first kappa shape index (κ1) is 15.0. The zero-order valence-corrected chi connectivity index (χ0v) is 11.3. The molecule has 0 saturated heterocycles. The Bertz CT molecular complexity index is 779. The maximum atomic E-state index is 10.8. The number of aldehydes is 3. The molecule has 8 nitrogen and oxygen atoms in total. The third-order valence-electron chi connectivity index (χ3n) is 2.56. The molecule has 2 aromatic rings. The van der Waals surface area contributed by atoms with Crippen LogP contribution in [0.5, 0.6) is 0 Å². The van der Waals surface area contributed by atoms with Crippen LogP contribution >= 0.6 is 0 Å². The average Bonchev–Trinajstić information content (AvgIpc) is 3.03. The number of nitrogens with one attached hydrogen (secondary N) is 2. The Morgan fingerprint density at radius 1 is 1.05 bits per heavy atom. The van der Waals surface area contributed by atoms with Gasteiger partial charge in [0.2, 0.25) is 0 Å². The van der Waals surface area contributed by atoms with E-state index in [1.54, 1.807) is 0 Å². The number of allylic oxidation sites excluding steroid dienone is 5. The van der Waals surface area contributed by atoms with Gasteiger partial charge in [0.25, 0.3) is 0 Å². The second-order valence-corrected chi connectivity index (χ2v) is 3.99. The van der Waals surface area contributed by atoms with Gasteiger partial charge in [0.15, 0.2) is 29.6 Å². The van der Waals surface area contributed by atoms with Crippen molar-refractivity contribution < 1.29 is 14.4 Å². The molecule has 0 amide bonds. The summed E-state index contributed by atoms with van der Waals surface area (Å²) in [4.78, 5) is 46.8. The van der Waals surface area contributed by atoms with E-state index >= 15 is 0 Å². The van der Waals surface area contributed by atoms with Gasteiger partial charge in [0, 0.05) is 11.8 Å². The maximum Gasteiger partial charge on any atom is 0.162 e. The number of aromatic nitrogens is 4. The highest BCUT2D eigenvalue weighted by Crippen LogP contribution is 2.13. The zero-order chi connectivity index (χ0) is 15.8. The topological polar surface area (TPSA) is 118 Å². The number of rotatable bonds is 7. The summed E-state index contributed by atoms with van der Waals surface area (Å²) in [5.41, 5.74) is 1.24. The van der Waals surface area contributed by atoms with Crippen LogP contribution in [0, 0.1) is 0 Å². The molecule has 2 rings (SSSR count). The van der Waals surface area contributed by atoms with Crippen LogP contribution in [0.2, 0.25) is 0 Å². The first-order valence-electron chi connectivity index (χ1n) is 6.13. The molecule has 0 aliphatic carbocycles. The molecule has 22 heavy (non-hydrogen) atoms. The van der Waals surface area contributed by atoms with Crippen molar-refractivity contribution in [3.63, 3.8) is 0 Å². The van der Waals surface area contributed by atoms with Crippen molar-refractivity contribution in [1.82, 2.24) is 19.9 Å². The van der Waals surface area contributed by atoms with Gasteiger partial charge in [-0.05, 0) is 12.2 Å². The number of anilines is 1. The van der Waals surface area contributed by atoms with E-state index in [1.165, 1.54) is 37.1 Å². The molecule has 0 bridgehead atoms. The number of hydrogen-bond acceptors (Lipinski definition) is 7. The standard InChI is InChI=1S/C14H11N5O3/c20-5-10(4-11(6-21)7-22)2-1-3-15-13-12-14(17-8-16-12)19-9-18-13/h1-9H,(H2,15,16,17,18,19)/b3-1+,10-2-. The Hall–Kier alpha value is -3.42. The molecule has 2 heterocycles. The largest absolute Gasteiger partial charge is 0.345 e. The lowest BCUT2D eigenvalue weighted by Crippen LogP contribution is -1.94. The van der Waals surface area contributed by atoms with Crippen molar-refractivity contribution in [3.8, 4) is 0 Å². The fourth-order valence-electron chi connectivity index (χ4n) is 1.57. The summed E-state index contributed by atoms with van der Waals surface area (Å²) in [7, 11) is 0. The highest BCUT2D eigenvalue weighted by molar-refractivity contribution is 6.01. The highest BCUT2D eigenvalue weighted by atomic mass is 16.1. The number of nitrogens with zero attached hydrogens (tertiary/aromatic N) is 3. The first-order valence-corrected chi connectivity index (χ1v) is 6.13. The number of H-pyrrole nitrogens is 1. The smallest absolute Gasteiger partial charge is 0.162 e. The maximum absolute atomic E-state index is 10.8. The summed E-state index contributed by atoms with van der Waals surface area (Å²) in [5, 5.41) is 2.90. The molecule has 0 spiro atoms. The van der Waals surface area contributed by atoms with Gasteiger partial charge in [-0.2, -0.15) is 0 Å². The molecule has 2 N–H and O–H groups in total. The van der Waals surface area contributed by atoms with E-state index in [1.807, 2.05) is 0 Å². The molecule has 0 fully saturated rings. The van der Waals surface area contributed by atoms with Gasteiger partial charge < -0.3 is 10.3 Å². The summed E-state index contributed by atoms with van der Waals surface area (Å²) in [6, 6.07) is 0. The fourth-order valence-corrected chi connectivity index (χ4v) is 1.57. The molecule has 0 radical (unpaired) electrons. The van der Waals surface area contributed by atoms with E-state index in [-0.39, 0.29) is 11.1 Å². The van der Waals surface area contributed by atoms with E-state index in [0.717, 1.165) is 0 Å². The molecule has 0 aliphatic rings. The van der Waals surface area contributed by atoms with Gasteiger partial charge in [-0.15, -0.1) is 0 Å². The average molecular weight is 297 g/mol. The van der Waals surface area contributed by atoms with Gasteiger partial charge in [-0.1, -0.05) is 6.08 Å². The molecule has 0 aromatic carbocycles. The van der Waals surface area contributed by atoms with Crippen LogP contribution in [-0.2, 0) is 14.4 Å². The van der Waals surface area contributed by atoms with Crippen LogP contribution in [0.3, 0.4) is 0 Å². The van der Waals surface area contributed by atoms with E-state index in [4.69, 9.17) is 0 Å². The third kappa shape index (κ3) is 3.57. The Balaban J connectivity index is 2.11. The van der Waals surface area contributed by atoms with Gasteiger partial charge in [-0.25, -0.2) is 15.0 Å². The summed E-state index contributed by atoms with van der Waals surface area (Å²) >= 11 is 0. The van der Waals surface area contributed by atoms with Crippen LogP contribution in [0.15, 0.2) is 48.2 Å². The Labute approximate surface area is 124 Å². The molecule has 0 aliphatic heterocycles. The quantitative estimate of drug-likeness (QED) is 0.254. The van der Waals surface area contributed by atoms with Gasteiger partial charge in [-0.3, -0.25) is 14.4 Å². The van der Waals surface area contributed by atoms with E-state index < -0.39 is 0 Å². The van der Waals surface area contributed by atoms with Crippen LogP contribution in [0.4, 0.5) is 5.82 Å². The number of hydrogen-bond donors (Lipinski definition) is 2. The molecular weight excluding hydrogens is 286 g/mol. The Kier molecular flexibility index (Phi) is 5.03. The monoisotopic (exact) mass is 297 g/mol. The van der Waals surface area contributed by atoms with Crippen LogP contribution in [-0.4, -0.2) is 38.8 Å². The van der Waals surface area contributed by atoms with Crippen molar-refractivity contribution in [1.29, 1.82) is 0 Å². The van der Waals surface area contributed by atoms with Crippen molar-refractivity contribution in [3.05, 3.63) is 48.2 Å². The predicted molar refractivity (Wildman–Crippen MR) is 78.8 cm³/mol. The van der Waals surface area contributed by atoms with Crippen molar-refractivity contribution >= 4 is 35.8 Å². The van der Waals surface area contributed by atoms with Gasteiger partial charge >= 0.3 is 0 Å². The van der Waals surface area contributed by atoms with Gasteiger partial charge in [0.05, 0.1) is 11.9 Å². The predicted octanol–water partition coefficient (Wildman–Crippen LogP) is 0.728. The lowest BCUT2D eigenvalue weighted by Gasteiger charge is -1.98. The van der Waals surface area contributed by atoms with Crippen molar-refractivity contribution in [2.75, 3.05) is 5.32 Å². The molecular formula is C14H11N5O3. The Morgan fingerprint density at radius 3 is 2.55 bits per heavy atom.